The maximum atomic E-state index is 12.8. The van der Waals surface area contributed by atoms with E-state index in [0.29, 0.717) is 36.3 Å². The van der Waals surface area contributed by atoms with Crippen LogP contribution in [0.3, 0.4) is 0 Å². The van der Waals surface area contributed by atoms with Crippen LogP contribution in [-0.4, -0.2) is 23.6 Å². The van der Waals surface area contributed by atoms with Crippen LogP contribution in [0.15, 0.2) is 48.6 Å². The molecule has 1 aliphatic rings. The molecule has 0 aliphatic carbocycles. The van der Waals surface area contributed by atoms with E-state index in [0.717, 1.165) is 18.6 Å². The molecule has 1 saturated heterocycles. The second-order valence-corrected chi connectivity index (χ2v) is 7.45. The van der Waals surface area contributed by atoms with Crippen LogP contribution in [0.2, 0.25) is 0 Å². The molecule has 1 aliphatic heterocycles. The Morgan fingerprint density at radius 3 is 2.71 bits per heavy atom. The minimum absolute atomic E-state index is 0.0299. The van der Waals surface area contributed by atoms with Crippen LogP contribution >= 0.6 is 0 Å². The lowest BCUT2D eigenvalue weighted by Gasteiger charge is -2.14. The number of halogens is 3. The minimum atomic E-state index is -4.37. The van der Waals surface area contributed by atoms with Crippen LogP contribution in [0.1, 0.15) is 59.8 Å². The zero-order chi connectivity index (χ0) is 22.6. The number of alkyl halides is 3. The van der Waals surface area contributed by atoms with Crippen molar-refractivity contribution >= 4 is 5.78 Å². The van der Waals surface area contributed by atoms with Crippen LogP contribution in [0.25, 0.3) is 0 Å². The molecule has 3 rings (SSSR count). The molecule has 0 saturated carbocycles. The van der Waals surface area contributed by atoms with Crippen molar-refractivity contribution in [1.29, 1.82) is 0 Å². The van der Waals surface area contributed by atoms with Crippen molar-refractivity contribution in [3.8, 4) is 11.5 Å². The average molecular weight is 434 g/mol. The van der Waals surface area contributed by atoms with Gasteiger partial charge in [-0.25, -0.2) is 0 Å². The summed E-state index contributed by atoms with van der Waals surface area (Å²) in [6, 6.07) is 8.42. The van der Waals surface area contributed by atoms with E-state index in [9.17, 15) is 23.1 Å². The highest BCUT2D eigenvalue weighted by Crippen LogP contribution is 2.41. The summed E-state index contributed by atoms with van der Waals surface area (Å²) in [5.74, 6) is 0.309. The lowest BCUT2D eigenvalue weighted by Crippen LogP contribution is -2.05. The zero-order valence-corrected chi connectivity index (χ0v) is 17.4. The number of ketones is 1. The van der Waals surface area contributed by atoms with Crippen molar-refractivity contribution < 1.29 is 32.5 Å². The molecule has 1 N–H and O–H groups in total. The summed E-state index contributed by atoms with van der Waals surface area (Å²) < 4.78 is 49.8. The lowest BCUT2D eigenvalue weighted by molar-refractivity contribution is -0.137. The molecule has 2 atom stereocenters. The summed E-state index contributed by atoms with van der Waals surface area (Å²) in [5.41, 5.74) is 0.723. The number of hydrogen-bond donors (Lipinski definition) is 1. The quantitative estimate of drug-likeness (QED) is 0.227. The maximum Gasteiger partial charge on any atom is 0.416 e. The van der Waals surface area contributed by atoms with Crippen molar-refractivity contribution in [2.24, 2.45) is 0 Å². The zero-order valence-electron chi connectivity index (χ0n) is 17.4. The van der Waals surface area contributed by atoms with Gasteiger partial charge in [-0.3, -0.25) is 4.79 Å². The smallest absolute Gasteiger partial charge is 0.416 e. The van der Waals surface area contributed by atoms with Gasteiger partial charge in [-0.1, -0.05) is 37.6 Å². The van der Waals surface area contributed by atoms with Crippen molar-refractivity contribution in [3.05, 3.63) is 70.8 Å². The molecule has 4 nitrogen and oxygen atoms in total. The van der Waals surface area contributed by atoms with Gasteiger partial charge in [0.25, 0.3) is 0 Å². The van der Waals surface area contributed by atoms with Gasteiger partial charge >= 0.3 is 6.18 Å². The van der Waals surface area contributed by atoms with E-state index in [4.69, 9.17) is 9.47 Å². The lowest BCUT2D eigenvalue weighted by atomic mass is 10.0. The molecule has 0 bridgehead atoms. The fourth-order valence-corrected chi connectivity index (χ4v) is 3.43. The third-order valence-corrected chi connectivity index (χ3v) is 5.05. The number of rotatable bonds is 9. The fraction of sp³-hybridized carbons (Fsp3) is 0.375. The molecular weight excluding hydrogens is 409 g/mol. The monoisotopic (exact) mass is 434 g/mol. The van der Waals surface area contributed by atoms with E-state index >= 15 is 0 Å². The van der Waals surface area contributed by atoms with E-state index in [2.05, 4.69) is 0 Å². The summed E-state index contributed by atoms with van der Waals surface area (Å²) in [4.78, 5) is 11.6. The molecule has 0 amide bonds. The largest absolute Gasteiger partial charge is 0.507 e. The Morgan fingerprint density at radius 2 is 2.03 bits per heavy atom. The summed E-state index contributed by atoms with van der Waals surface area (Å²) >= 11 is 0. The summed E-state index contributed by atoms with van der Waals surface area (Å²) in [5, 5.41) is 10.4. The second kappa shape index (κ2) is 9.56. The first kappa shape index (κ1) is 22.9. The predicted molar refractivity (Wildman–Crippen MR) is 110 cm³/mol. The second-order valence-electron chi connectivity index (χ2n) is 7.45. The Morgan fingerprint density at radius 1 is 1.26 bits per heavy atom. The molecule has 2 aromatic rings. The van der Waals surface area contributed by atoms with Crippen LogP contribution < -0.4 is 4.74 Å². The third-order valence-electron chi connectivity index (χ3n) is 5.05. The van der Waals surface area contributed by atoms with Gasteiger partial charge in [-0.15, -0.1) is 0 Å². The Kier molecular flexibility index (Phi) is 7.05. The van der Waals surface area contributed by atoms with E-state index in [1.165, 1.54) is 13.0 Å². The van der Waals surface area contributed by atoms with Gasteiger partial charge in [0.15, 0.2) is 5.78 Å². The summed E-state index contributed by atoms with van der Waals surface area (Å²) in [6.07, 6.45) is 0.634. The van der Waals surface area contributed by atoms with Crippen LogP contribution in [0.5, 0.6) is 11.5 Å². The van der Waals surface area contributed by atoms with E-state index in [-0.39, 0.29) is 29.3 Å². The van der Waals surface area contributed by atoms with Gasteiger partial charge in [0.05, 0.1) is 17.7 Å². The maximum absolute atomic E-state index is 12.8. The normalized spacial score (nSPS) is 18.4. The number of hydrogen-bond acceptors (Lipinski definition) is 4. The predicted octanol–water partition coefficient (Wildman–Crippen LogP) is 6.03. The Hall–Kier alpha value is -2.80. The molecule has 1 fully saturated rings. The summed E-state index contributed by atoms with van der Waals surface area (Å²) in [6.45, 7) is 3.73. The van der Waals surface area contributed by atoms with Crippen molar-refractivity contribution in [2.75, 3.05) is 6.61 Å². The van der Waals surface area contributed by atoms with E-state index in [1.807, 2.05) is 19.1 Å². The molecule has 0 spiro atoms. The average Bonchev–Trinajstić information content (AvgIpc) is 3.49. The molecule has 31 heavy (non-hydrogen) atoms. The first-order chi connectivity index (χ1) is 14.7. The van der Waals surface area contributed by atoms with Gasteiger partial charge in [0.1, 0.15) is 23.7 Å². The SMILES string of the molecule is CCCc1c(OCC/C=C\[C@H]2O[C@@H]2c2cccc(C(F)(F)F)c2)ccc(C(C)=O)c1O. The number of carbonyl (C=O) groups excluding carboxylic acids is 1. The van der Waals surface area contributed by atoms with Gasteiger partial charge < -0.3 is 14.6 Å². The molecule has 166 valence electrons. The number of epoxide rings is 1. The molecular formula is C24H25F3O4. The van der Waals surface area contributed by atoms with Crippen LogP contribution in [0, 0.1) is 0 Å². The van der Waals surface area contributed by atoms with E-state index < -0.39 is 11.7 Å². The van der Waals surface area contributed by atoms with Gasteiger partial charge in [-0.2, -0.15) is 13.2 Å². The van der Waals surface area contributed by atoms with Crippen LogP contribution in [0.4, 0.5) is 13.2 Å². The number of aromatic hydroxyl groups is 1. The molecule has 1 heterocycles. The van der Waals surface area contributed by atoms with Gasteiger partial charge in [-0.05, 0) is 49.6 Å². The first-order valence-corrected chi connectivity index (χ1v) is 10.2. The molecule has 0 radical (unpaired) electrons. The van der Waals surface area contributed by atoms with Crippen LogP contribution in [-0.2, 0) is 17.3 Å². The van der Waals surface area contributed by atoms with Gasteiger partial charge in [0.2, 0.25) is 0 Å². The molecule has 7 heteroatoms. The standard InChI is InChI=1S/C24H25F3O4/c1-3-7-19-20(12-11-18(15(2)28)22(19)29)30-13-5-4-10-21-23(31-21)16-8-6-9-17(14-16)24(25,26)27/h4,6,8-12,14,21,23,29H,3,5,7,13H2,1-2H3/b10-4-/t21-,23-/m1/s1. The minimum Gasteiger partial charge on any atom is -0.507 e. The highest BCUT2D eigenvalue weighted by atomic mass is 19.4. The number of phenols is 1. The number of ether oxygens (including phenoxy) is 2. The number of benzene rings is 2. The van der Waals surface area contributed by atoms with Crippen molar-refractivity contribution in [3.63, 3.8) is 0 Å². The Balaban J connectivity index is 1.53. The highest BCUT2D eigenvalue weighted by Gasteiger charge is 2.39. The Bertz CT molecular complexity index is 966. The Labute approximate surface area is 179 Å². The highest BCUT2D eigenvalue weighted by molar-refractivity contribution is 5.97. The van der Waals surface area contributed by atoms with Crippen molar-refractivity contribution in [1.82, 2.24) is 0 Å². The molecule has 0 aromatic heterocycles. The van der Waals surface area contributed by atoms with Crippen molar-refractivity contribution in [2.45, 2.75) is 51.5 Å². The third kappa shape index (κ3) is 5.67. The van der Waals surface area contributed by atoms with Gasteiger partial charge in [0, 0.05) is 5.56 Å². The topological polar surface area (TPSA) is 59.1 Å². The first-order valence-electron chi connectivity index (χ1n) is 10.2. The van der Waals surface area contributed by atoms with E-state index in [1.54, 1.807) is 18.2 Å². The number of carbonyl (C=O) groups is 1. The number of phenolic OH excluding ortho intramolecular Hbond substituents is 1. The fourth-order valence-electron chi connectivity index (χ4n) is 3.43. The summed E-state index contributed by atoms with van der Waals surface area (Å²) in [7, 11) is 0. The molecule has 2 aromatic carbocycles. The molecule has 0 unspecified atom stereocenters. The number of Topliss-reactive ketones (excluding diaryl/α,β-unsaturated/α-hetero) is 1.